The van der Waals surface area contributed by atoms with Gasteiger partial charge in [0.05, 0.1) is 5.52 Å². The van der Waals surface area contributed by atoms with Crippen LogP contribution >= 0.6 is 12.6 Å². The second-order valence-corrected chi connectivity index (χ2v) is 6.03. The van der Waals surface area contributed by atoms with Crippen LogP contribution < -0.4 is 5.56 Å². The predicted molar refractivity (Wildman–Crippen MR) is 94.4 cm³/mol. The minimum Gasteiger partial charge on any atom is -0.308 e. The molecule has 0 aliphatic heterocycles. The van der Waals surface area contributed by atoms with Gasteiger partial charge in [-0.1, -0.05) is 50.3 Å². The van der Waals surface area contributed by atoms with Crippen LogP contribution in [0, 0.1) is 0 Å². The molecular weight excluding hydrogens is 278 g/mol. The lowest BCUT2D eigenvalue weighted by Gasteiger charge is -2.09. The molecular formula is C18H25NOS. The number of aromatic nitrogens is 1. The second-order valence-electron chi connectivity index (χ2n) is 5.58. The first kappa shape index (κ1) is 16.2. The van der Waals surface area contributed by atoms with Gasteiger partial charge in [0.25, 0.3) is 5.56 Å². The molecule has 3 heteroatoms. The summed E-state index contributed by atoms with van der Waals surface area (Å²) >= 11 is 4.23. The molecule has 2 nitrogen and oxygen atoms in total. The van der Waals surface area contributed by atoms with Crippen molar-refractivity contribution in [1.82, 2.24) is 4.57 Å². The summed E-state index contributed by atoms with van der Waals surface area (Å²) in [5.74, 6) is 1.00. The minimum atomic E-state index is 0.113. The normalized spacial score (nSPS) is 11.1. The molecule has 2 rings (SSSR count). The van der Waals surface area contributed by atoms with Crippen molar-refractivity contribution in [2.75, 3.05) is 5.75 Å². The van der Waals surface area contributed by atoms with Gasteiger partial charge in [-0.15, -0.1) is 0 Å². The fourth-order valence-corrected chi connectivity index (χ4v) is 2.96. The second kappa shape index (κ2) is 8.93. The smallest absolute Gasteiger partial charge is 0.251 e. The molecule has 0 atom stereocenters. The van der Waals surface area contributed by atoms with E-state index < -0.39 is 0 Å². The molecule has 2 aromatic rings. The Morgan fingerprint density at radius 3 is 2.24 bits per heavy atom. The molecule has 0 saturated carbocycles. The van der Waals surface area contributed by atoms with Gasteiger partial charge < -0.3 is 4.57 Å². The predicted octanol–water partition coefficient (Wildman–Crippen LogP) is 4.66. The third-order valence-corrected chi connectivity index (χ3v) is 4.26. The van der Waals surface area contributed by atoms with Gasteiger partial charge >= 0.3 is 0 Å². The Balaban J connectivity index is 1.81. The lowest BCUT2D eigenvalue weighted by atomic mass is 10.1. The van der Waals surface area contributed by atoms with Gasteiger partial charge in [-0.25, -0.2) is 0 Å². The van der Waals surface area contributed by atoms with E-state index in [1.54, 1.807) is 6.07 Å². The van der Waals surface area contributed by atoms with Gasteiger partial charge in [0.1, 0.15) is 0 Å². The number of pyridine rings is 1. The maximum atomic E-state index is 12.0. The Bertz CT molecular complexity index is 605. The zero-order valence-electron chi connectivity index (χ0n) is 12.6. The molecule has 0 aliphatic carbocycles. The lowest BCUT2D eigenvalue weighted by molar-refractivity contribution is 0.551. The fraction of sp³-hybridized carbons (Fsp3) is 0.500. The number of thiol groups is 1. The number of fused-ring (bicyclic) bond motifs is 1. The van der Waals surface area contributed by atoms with Gasteiger partial charge in [-0.2, -0.15) is 12.6 Å². The van der Waals surface area contributed by atoms with Crippen molar-refractivity contribution in [3.63, 3.8) is 0 Å². The van der Waals surface area contributed by atoms with Crippen molar-refractivity contribution in [1.29, 1.82) is 0 Å². The molecule has 114 valence electrons. The molecule has 0 fully saturated rings. The van der Waals surface area contributed by atoms with Crippen LogP contribution in [0.3, 0.4) is 0 Å². The van der Waals surface area contributed by atoms with Crippen molar-refractivity contribution in [3.8, 4) is 0 Å². The fourth-order valence-electron chi connectivity index (χ4n) is 2.74. The van der Waals surface area contributed by atoms with E-state index in [-0.39, 0.29) is 5.56 Å². The number of hydrogen-bond donors (Lipinski definition) is 1. The Kier molecular flexibility index (Phi) is 6.87. The summed E-state index contributed by atoms with van der Waals surface area (Å²) in [6.07, 6.45) is 8.71. The molecule has 21 heavy (non-hydrogen) atoms. The summed E-state index contributed by atoms with van der Waals surface area (Å²) in [5.41, 5.74) is 1.17. The van der Waals surface area contributed by atoms with Gasteiger partial charge in [-0.3, -0.25) is 4.79 Å². The first-order valence-electron chi connectivity index (χ1n) is 8.02. The number of unbranched alkanes of at least 4 members (excludes halogenated alkanes) is 6. The first-order chi connectivity index (χ1) is 10.3. The zero-order chi connectivity index (χ0) is 14.9. The topological polar surface area (TPSA) is 22.0 Å². The van der Waals surface area contributed by atoms with Crippen molar-refractivity contribution in [2.45, 2.75) is 51.5 Å². The summed E-state index contributed by atoms with van der Waals surface area (Å²) < 4.78 is 1.91. The average molecular weight is 303 g/mol. The van der Waals surface area contributed by atoms with Gasteiger partial charge in [0.15, 0.2) is 0 Å². The number of rotatable bonds is 9. The summed E-state index contributed by atoms with van der Waals surface area (Å²) in [5, 5.41) is 1.14. The molecule has 1 aromatic heterocycles. The number of benzene rings is 1. The highest BCUT2D eigenvalue weighted by Crippen LogP contribution is 2.13. The van der Waals surface area contributed by atoms with Crippen molar-refractivity contribution in [2.24, 2.45) is 0 Å². The summed E-state index contributed by atoms with van der Waals surface area (Å²) in [6, 6.07) is 11.7. The summed E-state index contributed by atoms with van der Waals surface area (Å²) in [7, 11) is 0. The van der Waals surface area contributed by atoms with E-state index >= 15 is 0 Å². The van der Waals surface area contributed by atoms with E-state index in [0.717, 1.165) is 29.6 Å². The molecule has 0 bridgehead atoms. The molecule has 1 heterocycles. The largest absolute Gasteiger partial charge is 0.308 e. The van der Waals surface area contributed by atoms with E-state index in [2.05, 4.69) is 18.7 Å². The Morgan fingerprint density at radius 2 is 1.48 bits per heavy atom. The number of nitrogens with zero attached hydrogens (tertiary/aromatic N) is 1. The molecule has 0 amide bonds. The highest BCUT2D eigenvalue weighted by atomic mass is 32.1. The lowest BCUT2D eigenvalue weighted by Crippen LogP contribution is -2.19. The molecule has 0 saturated heterocycles. The van der Waals surface area contributed by atoms with Crippen LogP contribution in [0.25, 0.3) is 10.9 Å². The summed E-state index contributed by atoms with van der Waals surface area (Å²) in [6.45, 7) is 0.830. The number of hydrogen-bond acceptors (Lipinski definition) is 2. The average Bonchev–Trinajstić information content (AvgIpc) is 2.51. The number of para-hydroxylation sites is 1. The Hall–Kier alpha value is -1.22. The van der Waals surface area contributed by atoms with Crippen LogP contribution in [0.1, 0.15) is 44.9 Å². The van der Waals surface area contributed by atoms with Crippen LogP contribution in [-0.2, 0) is 6.54 Å². The molecule has 0 radical (unpaired) electrons. The molecule has 0 N–H and O–H groups in total. The third-order valence-electron chi connectivity index (χ3n) is 3.94. The van der Waals surface area contributed by atoms with Crippen LogP contribution in [-0.4, -0.2) is 10.3 Å². The van der Waals surface area contributed by atoms with E-state index in [9.17, 15) is 4.79 Å². The van der Waals surface area contributed by atoms with Crippen molar-refractivity contribution in [3.05, 3.63) is 46.8 Å². The van der Waals surface area contributed by atoms with Gasteiger partial charge in [-0.05, 0) is 36.1 Å². The zero-order valence-corrected chi connectivity index (χ0v) is 13.5. The SMILES string of the molecule is O=c1ccc2ccccc2n1CCCCCCCCCS. The number of aryl methyl sites for hydroxylation is 1. The monoisotopic (exact) mass is 303 g/mol. The first-order valence-corrected chi connectivity index (χ1v) is 8.65. The molecule has 0 spiro atoms. The van der Waals surface area contributed by atoms with Gasteiger partial charge in [0.2, 0.25) is 0 Å². The standard InChI is InChI=1S/C18H25NOS/c20-18-13-12-16-10-6-7-11-17(16)19(18)14-8-4-2-1-3-5-9-15-21/h6-7,10-13,21H,1-5,8-9,14-15H2. The maximum Gasteiger partial charge on any atom is 0.251 e. The maximum absolute atomic E-state index is 12.0. The highest BCUT2D eigenvalue weighted by molar-refractivity contribution is 7.80. The minimum absolute atomic E-state index is 0.113. The van der Waals surface area contributed by atoms with E-state index in [1.165, 1.54) is 38.5 Å². The van der Waals surface area contributed by atoms with Crippen LogP contribution in [0.5, 0.6) is 0 Å². The molecule has 0 aliphatic rings. The Labute approximate surface area is 132 Å². The van der Waals surface area contributed by atoms with Crippen LogP contribution in [0.15, 0.2) is 41.2 Å². The summed E-state index contributed by atoms with van der Waals surface area (Å²) in [4.78, 5) is 12.0. The van der Waals surface area contributed by atoms with Crippen molar-refractivity contribution < 1.29 is 0 Å². The highest BCUT2D eigenvalue weighted by Gasteiger charge is 2.02. The van der Waals surface area contributed by atoms with Crippen LogP contribution in [0.2, 0.25) is 0 Å². The van der Waals surface area contributed by atoms with Crippen LogP contribution in [0.4, 0.5) is 0 Å². The third kappa shape index (κ3) is 4.92. The van der Waals surface area contributed by atoms with Crippen molar-refractivity contribution >= 4 is 23.5 Å². The Morgan fingerprint density at radius 1 is 0.810 bits per heavy atom. The van der Waals surface area contributed by atoms with Gasteiger partial charge in [0, 0.05) is 12.6 Å². The van der Waals surface area contributed by atoms with E-state index in [0.29, 0.717) is 0 Å². The molecule has 1 aromatic carbocycles. The quantitative estimate of drug-likeness (QED) is 0.528. The molecule has 0 unspecified atom stereocenters. The van der Waals surface area contributed by atoms with E-state index in [4.69, 9.17) is 0 Å². The van der Waals surface area contributed by atoms with E-state index in [1.807, 2.05) is 28.8 Å².